The van der Waals surface area contributed by atoms with E-state index in [1.807, 2.05) is 0 Å². The van der Waals surface area contributed by atoms with Gasteiger partial charge >= 0.3 is 0 Å². The monoisotopic (exact) mass is 917 g/mol. The lowest BCUT2D eigenvalue weighted by Gasteiger charge is -2.31. The van der Waals surface area contributed by atoms with Crippen LogP contribution in [0.2, 0.25) is 0 Å². The first-order valence-corrected chi connectivity index (χ1v) is 24.9. The maximum absolute atomic E-state index is 2.61. The molecular weight excluding hydrogens is 875 g/mol. The SMILES string of the molecule is Cc1c(-n2c3ccccc3c3ccccc32)c(-n2c3ccccc3c3ccccc32)c(-n2c3ccccc3c3ccccc32)c(-n2c3ccccc3c3ccccc32)c1-n1c2ccccc2c2ccccc21. The Balaban J connectivity index is 1.30. The van der Waals surface area contributed by atoms with Gasteiger partial charge in [-0.2, -0.15) is 0 Å². The summed E-state index contributed by atoms with van der Waals surface area (Å²) in [6, 6.07) is 89.9. The van der Waals surface area contributed by atoms with Crippen LogP contribution in [0, 0.1) is 6.92 Å². The number of rotatable bonds is 5. The molecule has 0 atom stereocenters. The average molecular weight is 918 g/mol. The second-order valence-electron chi connectivity index (χ2n) is 19.2. The summed E-state index contributed by atoms with van der Waals surface area (Å²) in [5.41, 5.74) is 18.0. The number of para-hydroxylation sites is 10. The number of benzene rings is 11. The van der Waals surface area contributed by atoms with Crippen LogP contribution in [0.15, 0.2) is 243 Å². The number of fused-ring (bicyclic) bond motifs is 15. The minimum atomic E-state index is 1.07. The summed E-state index contributed by atoms with van der Waals surface area (Å²) in [7, 11) is 0. The molecule has 5 heterocycles. The van der Waals surface area contributed by atoms with Gasteiger partial charge in [-0.15, -0.1) is 0 Å². The summed E-state index contributed by atoms with van der Waals surface area (Å²) in [5, 5.41) is 12.1. The van der Waals surface area contributed by atoms with E-state index in [1.165, 1.54) is 53.9 Å². The van der Waals surface area contributed by atoms with E-state index in [4.69, 9.17) is 0 Å². The minimum absolute atomic E-state index is 1.07. The van der Waals surface area contributed by atoms with Gasteiger partial charge in [0.1, 0.15) is 0 Å². The van der Waals surface area contributed by atoms with E-state index in [1.54, 1.807) is 0 Å². The third kappa shape index (κ3) is 5.11. The van der Waals surface area contributed by atoms with Crippen LogP contribution in [-0.2, 0) is 0 Å². The van der Waals surface area contributed by atoms with E-state index in [0.717, 1.165) is 89.2 Å². The second kappa shape index (κ2) is 14.7. The van der Waals surface area contributed by atoms with Gasteiger partial charge in [0.15, 0.2) is 0 Å². The molecule has 0 aliphatic heterocycles. The fourth-order valence-electron chi connectivity index (χ4n) is 12.8. The fraction of sp³-hybridized carbons (Fsp3) is 0.0149. The van der Waals surface area contributed by atoms with Crippen LogP contribution < -0.4 is 0 Å². The molecule has 16 aromatic rings. The van der Waals surface area contributed by atoms with Crippen molar-refractivity contribution in [2.75, 3.05) is 0 Å². The van der Waals surface area contributed by atoms with E-state index in [0.29, 0.717) is 0 Å². The summed E-state index contributed by atoms with van der Waals surface area (Å²) in [4.78, 5) is 0. The van der Waals surface area contributed by atoms with Gasteiger partial charge in [-0.25, -0.2) is 0 Å². The van der Waals surface area contributed by atoms with Gasteiger partial charge in [0, 0.05) is 59.4 Å². The molecule has 0 N–H and O–H groups in total. The topological polar surface area (TPSA) is 24.6 Å². The number of nitrogens with zero attached hydrogens (tertiary/aromatic N) is 5. The van der Waals surface area contributed by atoms with E-state index in [9.17, 15) is 0 Å². The molecule has 72 heavy (non-hydrogen) atoms. The normalized spacial score (nSPS) is 12.2. The molecule has 0 spiro atoms. The zero-order chi connectivity index (χ0) is 47.2. The van der Waals surface area contributed by atoms with E-state index >= 15 is 0 Å². The van der Waals surface area contributed by atoms with Gasteiger partial charge in [0.25, 0.3) is 0 Å². The van der Waals surface area contributed by atoms with E-state index in [2.05, 4.69) is 272 Å². The third-order valence-electron chi connectivity index (χ3n) is 15.6. The molecule has 0 saturated carbocycles. The predicted molar refractivity (Wildman–Crippen MR) is 303 cm³/mol. The van der Waals surface area contributed by atoms with Crippen molar-refractivity contribution in [1.29, 1.82) is 0 Å². The Morgan fingerprint density at radius 2 is 0.292 bits per heavy atom. The molecule has 0 saturated heterocycles. The van der Waals surface area contributed by atoms with E-state index < -0.39 is 0 Å². The standard InChI is InChI=1S/C67H43N5/c1-42-63(68-53-32-12-2-22-43(53)44-23-3-13-33-54(44)68)65(70-57-36-16-6-26-47(57)48-27-7-17-37-58(48)70)67(72-61-40-20-10-30-51(61)52-31-11-21-41-62(52)72)66(71-59-38-18-8-28-49(59)50-29-9-19-39-60(50)71)64(42)69-55-34-14-4-24-45(55)46-25-5-15-35-56(46)69/h2-41H,1H3. The zero-order valence-corrected chi connectivity index (χ0v) is 39.3. The lowest BCUT2D eigenvalue weighted by atomic mass is 10.0. The lowest BCUT2D eigenvalue weighted by molar-refractivity contribution is 0.983. The van der Waals surface area contributed by atoms with Crippen molar-refractivity contribution in [3.8, 4) is 28.4 Å². The van der Waals surface area contributed by atoms with Crippen LogP contribution in [0.3, 0.4) is 0 Å². The Morgan fingerprint density at radius 3 is 0.458 bits per heavy atom. The Kier molecular flexibility index (Phi) is 8.03. The van der Waals surface area contributed by atoms with E-state index in [-0.39, 0.29) is 0 Å². The lowest BCUT2D eigenvalue weighted by Crippen LogP contribution is -2.18. The van der Waals surface area contributed by atoms with Crippen molar-refractivity contribution >= 4 is 109 Å². The predicted octanol–water partition coefficient (Wildman–Crippen LogP) is 17.5. The summed E-state index contributed by atoms with van der Waals surface area (Å²) in [6.45, 7) is 2.39. The first-order valence-electron chi connectivity index (χ1n) is 24.9. The number of aromatic nitrogens is 5. The second-order valence-corrected chi connectivity index (χ2v) is 19.2. The number of hydrogen-bond acceptors (Lipinski definition) is 0. The fourth-order valence-corrected chi connectivity index (χ4v) is 12.8. The maximum Gasteiger partial charge on any atom is 0.0990 e. The van der Waals surface area contributed by atoms with Crippen molar-refractivity contribution in [3.63, 3.8) is 0 Å². The molecule has 5 aromatic heterocycles. The van der Waals surface area contributed by atoms with Gasteiger partial charge < -0.3 is 22.8 Å². The minimum Gasteiger partial charge on any atom is -0.307 e. The van der Waals surface area contributed by atoms with Crippen LogP contribution in [-0.4, -0.2) is 22.8 Å². The highest BCUT2D eigenvalue weighted by atomic mass is 15.2. The van der Waals surface area contributed by atoms with Crippen LogP contribution in [0.1, 0.15) is 5.56 Å². The smallest absolute Gasteiger partial charge is 0.0990 e. The molecule has 0 aliphatic rings. The molecule has 0 bridgehead atoms. The highest BCUT2D eigenvalue weighted by Crippen LogP contribution is 2.51. The maximum atomic E-state index is 2.61. The van der Waals surface area contributed by atoms with Crippen LogP contribution >= 0.6 is 0 Å². The Hall–Kier alpha value is -9.58. The number of hydrogen-bond donors (Lipinski definition) is 0. The molecule has 5 nitrogen and oxygen atoms in total. The summed E-state index contributed by atoms with van der Waals surface area (Å²) in [5.74, 6) is 0. The molecule has 0 amide bonds. The third-order valence-corrected chi connectivity index (χ3v) is 15.6. The van der Waals surface area contributed by atoms with Crippen LogP contribution in [0.4, 0.5) is 0 Å². The van der Waals surface area contributed by atoms with Gasteiger partial charge in [-0.05, 0) is 67.6 Å². The van der Waals surface area contributed by atoms with Crippen molar-refractivity contribution in [3.05, 3.63) is 248 Å². The highest BCUT2D eigenvalue weighted by Gasteiger charge is 2.34. The van der Waals surface area contributed by atoms with Gasteiger partial charge in [-0.3, -0.25) is 0 Å². The zero-order valence-electron chi connectivity index (χ0n) is 39.3. The van der Waals surface area contributed by atoms with Crippen molar-refractivity contribution < 1.29 is 0 Å². The van der Waals surface area contributed by atoms with Crippen molar-refractivity contribution in [2.24, 2.45) is 0 Å². The Labute approximate surface area is 413 Å². The van der Waals surface area contributed by atoms with Gasteiger partial charge in [0.05, 0.1) is 83.6 Å². The first-order chi connectivity index (χ1) is 35.7. The molecule has 0 fully saturated rings. The van der Waals surface area contributed by atoms with Gasteiger partial charge in [0.2, 0.25) is 0 Å². The molecular formula is C67H43N5. The molecule has 0 aliphatic carbocycles. The van der Waals surface area contributed by atoms with Crippen LogP contribution in [0.5, 0.6) is 0 Å². The molecule has 11 aromatic carbocycles. The largest absolute Gasteiger partial charge is 0.307 e. The summed E-state index contributed by atoms with van der Waals surface area (Å²) < 4.78 is 13.0. The van der Waals surface area contributed by atoms with Crippen molar-refractivity contribution in [2.45, 2.75) is 6.92 Å². The first kappa shape index (κ1) is 39.3. The Morgan fingerprint density at radius 1 is 0.167 bits per heavy atom. The molecule has 336 valence electrons. The molecule has 0 unspecified atom stereocenters. The quantitative estimate of drug-likeness (QED) is 0.164. The highest BCUT2D eigenvalue weighted by molar-refractivity contribution is 6.17. The summed E-state index contributed by atoms with van der Waals surface area (Å²) >= 11 is 0. The van der Waals surface area contributed by atoms with Crippen molar-refractivity contribution in [1.82, 2.24) is 22.8 Å². The van der Waals surface area contributed by atoms with Gasteiger partial charge in [-0.1, -0.05) is 182 Å². The molecule has 5 heteroatoms. The van der Waals surface area contributed by atoms with Crippen LogP contribution in [0.25, 0.3) is 137 Å². The average Bonchev–Trinajstić information content (AvgIpc) is 4.23. The molecule has 16 rings (SSSR count). The molecule has 0 radical (unpaired) electrons. The Bertz CT molecular complexity index is 4430. The summed E-state index contributed by atoms with van der Waals surface area (Å²) in [6.07, 6.45) is 0.